The first-order chi connectivity index (χ1) is 0. The molecule has 0 saturated heterocycles. The van der Waals surface area contributed by atoms with Gasteiger partial charge in [0.05, 0.1) is 0 Å². The molecule has 4 nitrogen and oxygen atoms in total. The topological polar surface area (TPSA) is 120 Å². The van der Waals surface area contributed by atoms with Crippen LogP contribution in [0, 0.1) is 0 Å². The van der Waals surface area contributed by atoms with Gasteiger partial charge in [0.25, 0.3) is 0 Å². The minimum absolute atomic E-state index is 0. The third-order valence-corrected chi connectivity index (χ3v) is 0. The van der Waals surface area contributed by atoms with E-state index in [1.54, 1.807) is 0 Å². The molecule has 0 spiro atoms. The van der Waals surface area contributed by atoms with Crippen LogP contribution in [0.15, 0.2) is 0 Å². The van der Waals surface area contributed by atoms with Crippen molar-refractivity contribution in [1.29, 1.82) is 0 Å². The fraction of sp³-hybridized carbons (Fsp3) is 0. The molecule has 41 valence electrons. The molecule has 1 radical (unpaired) electrons. The van der Waals surface area contributed by atoms with Crippen molar-refractivity contribution in [1.82, 2.24) is 0 Å². The average Bonchev–Trinajstić information content (AvgIpc) is 0. The minimum atomic E-state index is 0. The molecular formula is H4CuMgO4. The first-order valence-corrected chi connectivity index (χ1v) is 0. The van der Waals surface area contributed by atoms with Crippen LogP contribution in [0.2, 0.25) is 0 Å². The van der Waals surface area contributed by atoms with E-state index in [2.05, 4.69) is 0 Å². The Bertz CT molecular complexity index is 7.51. The van der Waals surface area contributed by atoms with Crippen LogP contribution in [0.1, 0.15) is 0 Å². The second-order valence-corrected chi connectivity index (χ2v) is 0. The van der Waals surface area contributed by atoms with E-state index in [0.717, 1.165) is 0 Å². The quantitative estimate of drug-likeness (QED) is 0.413. The van der Waals surface area contributed by atoms with Gasteiger partial charge in [-0.15, -0.1) is 0 Å². The molecule has 0 aliphatic heterocycles. The third kappa shape index (κ3) is 68.8. The average molecular weight is 156 g/mol. The van der Waals surface area contributed by atoms with Gasteiger partial charge >= 0.3 is 40.1 Å². The molecule has 0 rings (SSSR count). The third-order valence-electron chi connectivity index (χ3n) is 0. The Morgan fingerprint density at radius 2 is 0.500 bits per heavy atom. The van der Waals surface area contributed by atoms with E-state index in [1.807, 2.05) is 0 Å². The molecule has 0 aromatic carbocycles. The largest absolute Gasteiger partial charge is 2.00 e. The van der Waals surface area contributed by atoms with Gasteiger partial charge in [-0.2, -0.15) is 0 Å². The fourth-order valence-electron chi connectivity index (χ4n) is 0. The van der Waals surface area contributed by atoms with E-state index < -0.39 is 0 Å². The summed E-state index contributed by atoms with van der Waals surface area (Å²) in [6.45, 7) is 0. The summed E-state index contributed by atoms with van der Waals surface area (Å²) in [6.07, 6.45) is 0. The van der Waals surface area contributed by atoms with Gasteiger partial charge in [-0.3, -0.25) is 0 Å². The zero-order valence-electron chi connectivity index (χ0n) is 2.80. The van der Waals surface area contributed by atoms with Crippen molar-refractivity contribution < 1.29 is 39.0 Å². The molecule has 0 bridgehead atoms. The van der Waals surface area contributed by atoms with Crippen LogP contribution in [-0.4, -0.2) is 45.0 Å². The molecule has 0 atom stereocenters. The summed E-state index contributed by atoms with van der Waals surface area (Å²) < 4.78 is 0. The molecule has 0 aromatic rings. The number of rotatable bonds is 0. The van der Waals surface area contributed by atoms with Gasteiger partial charge in [-0.05, 0) is 0 Å². The summed E-state index contributed by atoms with van der Waals surface area (Å²) in [7, 11) is 0. The van der Waals surface area contributed by atoms with E-state index in [9.17, 15) is 0 Å². The number of hydrogen-bond acceptors (Lipinski definition) is 4. The van der Waals surface area contributed by atoms with Crippen molar-refractivity contribution in [2.24, 2.45) is 0 Å². The van der Waals surface area contributed by atoms with Gasteiger partial charge in [0.15, 0.2) is 0 Å². The van der Waals surface area contributed by atoms with E-state index in [-0.39, 0.29) is 62.0 Å². The molecule has 6 heavy (non-hydrogen) atoms. The van der Waals surface area contributed by atoms with Crippen molar-refractivity contribution in [2.75, 3.05) is 0 Å². The molecule has 6 heteroatoms. The predicted octanol–water partition coefficient (Wildman–Crippen LogP) is -1.09. The monoisotopic (exact) mass is 155 g/mol. The van der Waals surface area contributed by atoms with Gasteiger partial charge in [0.1, 0.15) is 0 Å². The molecule has 0 heterocycles. The first-order valence-electron chi connectivity index (χ1n) is 0. The Morgan fingerprint density at radius 1 is 0.500 bits per heavy atom. The summed E-state index contributed by atoms with van der Waals surface area (Å²) in [5.74, 6) is 0. The van der Waals surface area contributed by atoms with Crippen LogP contribution in [-0.2, 0) is 17.1 Å². The Morgan fingerprint density at radius 3 is 0.500 bits per heavy atom. The first kappa shape index (κ1) is 211. The zero-order chi connectivity index (χ0) is 0. The molecule has 0 saturated carbocycles. The normalized spacial score (nSPS) is 0. The molecule has 0 unspecified atom stereocenters. The summed E-state index contributed by atoms with van der Waals surface area (Å²) in [4.78, 5) is 0. The van der Waals surface area contributed by atoms with Crippen molar-refractivity contribution in [3.8, 4) is 0 Å². The second kappa shape index (κ2) is 127. The maximum absolute atomic E-state index is 0. The van der Waals surface area contributed by atoms with E-state index in [0.29, 0.717) is 0 Å². The fourth-order valence-corrected chi connectivity index (χ4v) is 0. The van der Waals surface area contributed by atoms with Crippen molar-refractivity contribution in [3.63, 3.8) is 0 Å². The zero-order valence-corrected chi connectivity index (χ0v) is 5.15. The smallest absolute Gasteiger partial charge is 0.870 e. The summed E-state index contributed by atoms with van der Waals surface area (Å²) >= 11 is 0. The Balaban J connectivity index is 0. The summed E-state index contributed by atoms with van der Waals surface area (Å²) in [6, 6.07) is 0. The standard InChI is InChI=1S/Cu.Mg.4H2O/h;;4*1H2/q2*+2;;;;/p-4. The van der Waals surface area contributed by atoms with E-state index >= 15 is 0 Å². The van der Waals surface area contributed by atoms with Gasteiger partial charge < -0.3 is 21.9 Å². The van der Waals surface area contributed by atoms with Crippen molar-refractivity contribution in [3.05, 3.63) is 0 Å². The van der Waals surface area contributed by atoms with Crippen LogP contribution in [0.25, 0.3) is 0 Å². The molecular weight excluding hydrogens is 152 g/mol. The Kier molecular flexibility index (Phi) is 4470. The van der Waals surface area contributed by atoms with Gasteiger partial charge in [0, 0.05) is 0 Å². The molecule has 0 aromatic heterocycles. The molecule has 0 aliphatic carbocycles. The van der Waals surface area contributed by atoms with Crippen molar-refractivity contribution >= 4 is 23.1 Å². The second-order valence-electron chi connectivity index (χ2n) is 0. The van der Waals surface area contributed by atoms with Crippen LogP contribution in [0.4, 0.5) is 0 Å². The Hall–Kier alpha value is 1.13. The SMILES string of the molecule is [Cu+2].[Mg+2].[OH-].[OH-].[OH-].[OH-]. The predicted molar refractivity (Wildman–Crippen MR) is 13.5 cm³/mol. The number of hydrogen-bond donors (Lipinski definition) is 0. The van der Waals surface area contributed by atoms with Gasteiger partial charge in [-0.25, -0.2) is 0 Å². The summed E-state index contributed by atoms with van der Waals surface area (Å²) in [5.41, 5.74) is 0. The van der Waals surface area contributed by atoms with Gasteiger partial charge in [0.2, 0.25) is 0 Å². The van der Waals surface area contributed by atoms with Crippen LogP contribution in [0.5, 0.6) is 0 Å². The van der Waals surface area contributed by atoms with Crippen LogP contribution < -0.4 is 0 Å². The van der Waals surface area contributed by atoms with Gasteiger partial charge in [-0.1, -0.05) is 0 Å². The molecule has 0 fully saturated rings. The van der Waals surface area contributed by atoms with E-state index in [4.69, 9.17) is 0 Å². The molecule has 0 amide bonds. The Labute approximate surface area is 62.2 Å². The van der Waals surface area contributed by atoms with Crippen molar-refractivity contribution in [2.45, 2.75) is 0 Å². The minimum Gasteiger partial charge on any atom is -0.870 e. The summed E-state index contributed by atoms with van der Waals surface area (Å²) in [5, 5.41) is 0. The van der Waals surface area contributed by atoms with E-state index in [1.165, 1.54) is 0 Å². The molecule has 4 N–H and O–H groups in total. The maximum Gasteiger partial charge on any atom is 2.00 e. The van der Waals surface area contributed by atoms with Crippen LogP contribution >= 0.6 is 0 Å². The maximum atomic E-state index is 0. The van der Waals surface area contributed by atoms with Crippen LogP contribution in [0.3, 0.4) is 0 Å². The molecule has 0 aliphatic rings.